The summed E-state index contributed by atoms with van der Waals surface area (Å²) < 4.78 is 0. The summed E-state index contributed by atoms with van der Waals surface area (Å²) in [6, 6.07) is 6.29. The fourth-order valence-corrected chi connectivity index (χ4v) is 1.93. The molecule has 0 aliphatic rings. The van der Waals surface area contributed by atoms with Crippen LogP contribution in [0.25, 0.3) is 10.8 Å². The van der Waals surface area contributed by atoms with Crippen molar-refractivity contribution in [1.29, 1.82) is 0 Å². The fraction of sp³-hybridized carbons (Fsp3) is 0. The Morgan fingerprint density at radius 1 is 0.682 bits per heavy atom. The van der Waals surface area contributed by atoms with Gasteiger partial charge in [-0.2, -0.15) is 0 Å². The van der Waals surface area contributed by atoms with Gasteiger partial charge in [0.25, 0.3) is 0 Å². The first-order valence-electron chi connectivity index (χ1n) is 5.13. The molecule has 0 saturated heterocycles. The van der Waals surface area contributed by atoms with E-state index in [1.54, 1.807) is 0 Å². The molecule has 0 bridgehead atoms. The van der Waals surface area contributed by atoms with Crippen LogP contribution < -0.4 is 104 Å². The fourth-order valence-electron chi connectivity index (χ4n) is 1.93. The molecule has 0 N–H and O–H groups in total. The van der Waals surface area contributed by atoms with Crippen LogP contribution in [-0.4, -0.2) is 17.9 Å². The molecule has 0 amide bonds. The van der Waals surface area contributed by atoms with Crippen LogP contribution in [0.15, 0.2) is 30.3 Å². The average Bonchev–Trinajstić information content (AvgIpc) is 2.35. The summed E-state index contributed by atoms with van der Waals surface area (Å²) in [5.41, 5.74) is -1.78. The van der Waals surface area contributed by atoms with E-state index >= 15 is 0 Å². The number of rotatable bonds is 3. The van der Waals surface area contributed by atoms with E-state index in [1.165, 1.54) is 24.3 Å². The number of carbonyl (C=O) groups is 3. The van der Waals surface area contributed by atoms with Gasteiger partial charge in [0.1, 0.15) is 0 Å². The van der Waals surface area contributed by atoms with Crippen molar-refractivity contribution in [2.75, 3.05) is 0 Å². The summed E-state index contributed by atoms with van der Waals surface area (Å²) in [5, 5.41) is 33.0. The van der Waals surface area contributed by atoms with Gasteiger partial charge in [-0.1, -0.05) is 24.3 Å². The van der Waals surface area contributed by atoms with Crippen molar-refractivity contribution >= 4 is 28.7 Å². The van der Waals surface area contributed by atoms with Gasteiger partial charge in [0, 0.05) is 16.7 Å². The van der Waals surface area contributed by atoms with E-state index in [0.29, 0.717) is 6.07 Å². The van der Waals surface area contributed by atoms with E-state index in [-0.39, 0.29) is 99.4 Å². The molecule has 96 valence electrons. The van der Waals surface area contributed by atoms with Gasteiger partial charge in [-0.25, -0.2) is 0 Å². The molecule has 0 radical (unpaired) electrons. The van der Waals surface area contributed by atoms with Crippen LogP contribution in [0.4, 0.5) is 0 Å². The monoisotopic (exact) mass is 326 g/mol. The van der Waals surface area contributed by atoms with Crippen molar-refractivity contribution in [3.63, 3.8) is 0 Å². The minimum absolute atomic E-state index is 0. The van der Waals surface area contributed by atoms with Crippen LogP contribution >= 0.6 is 0 Å². The van der Waals surface area contributed by atoms with E-state index < -0.39 is 34.6 Å². The second kappa shape index (κ2) is 10.1. The zero-order valence-electron chi connectivity index (χ0n) is 12.3. The Balaban J connectivity index is 0. The maximum absolute atomic E-state index is 11.1. The molecule has 22 heavy (non-hydrogen) atoms. The van der Waals surface area contributed by atoms with Gasteiger partial charge >= 0.3 is 88.7 Å². The molecule has 0 unspecified atom stereocenters. The van der Waals surface area contributed by atoms with Crippen molar-refractivity contribution in [2.24, 2.45) is 0 Å². The van der Waals surface area contributed by atoms with Crippen molar-refractivity contribution in [3.8, 4) is 0 Å². The van der Waals surface area contributed by atoms with Crippen molar-refractivity contribution in [2.45, 2.75) is 0 Å². The molecule has 0 atom stereocenters. The Labute approximate surface area is 191 Å². The van der Waals surface area contributed by atoms with Crippen LogP contribution in [0.2, 0.25) is 0 Å². The maximum atomic E-state index is 11.1. The molecular formula is C13H5Na3O6. The van der Waals surface area contributed by atoms with Gasteiger partial charge in [-0.3, -0.25) is 0 Å². The van der Waals surface area contributed by atoms with Crippen molar-refractivity contribution in [1.82, 2.24) is 0 Å². The zero-order chi connectivity index (χ0) is 14.2. The first-order valence-corrected chi connectivity index (χ1v) is 5.13. The smallest absolute Gasteiger partial charge is 0.545 e. The van der Waals surface area contributed by atoms with Gasteiger partial charge in [0.15, 0.2) is 0 Å². The van der Waals surface area contributed by atoms with E-state index in [0.717, 1.165) is 0 Å². The Morgan fingerprint density at radius 3 is 1.55 bits per heavy atom. The molecule has 0 aliphatic carbocycles. The zero-order valence-corrected chi connectivity index (χ0v) is 18.3. The van der Waals surface area contributed by atoms with E-state index in [1.807, 2.05) is 0 Å². The molecule has 0 aliphatic heterocycles. The number of aromatic carboxylic acids is 3. The van der Waals surface area contributed by atoms with E-state index in [4.69, 9.17) is 0 Å². The largest absolute Gasteiger partial charge is 1.00 e. The molecule has 0 heterocycles. The molecule has 2 rings (SSSR count). The summed E-state index contributed by atoms with van der Waals surface area (Å²) in [6.07, 6.45) is 0. The molecule has 0 fully saturated rings. The second-order valence-electron chi connectivity index (χ2n) is 3.75. The number of carboxylic acid groups (broad SMARTS) is 3. The molecule has 0 aromatic heterocycles. The van der Waals surface area contributed by atoms with Crippen LogP contribution in [0.3, 0.4) is 0 Å². The third kappa shape index (κ3) is 4.80. The molecule has 6 nitrogen and oxygen atoms in total. The first-order chi connectivity index (χ1) is 8.93. The van der Waals surface area contributed by atoms with Crippen LogP contribution in [-0.2, 0) is 0 Å². The average molecular weight is 326 g/mol. The third-order valence-corrected chi connectivity index (χ3v) is 2.69. The SMILES string of the molecule is O=C([O-])c1cc(C(=O)[O-])c2ccccc2c1C(=O)[O-].[Na+].[Na+].[Na+]. The summed E-state index contributed by atoms with van der Waals surface area (Å²) in [5.74, 6) is -5.13. The van der Waals surface area contributed by atoms with Crippen molar-refractivity contribution in [3.05, 3.63) is 47.0 Å². The standard InChI is InChI=1S/C13H8O6.3Na/c14-11(15)8-5-9(12(16)17)10(13(18)19)7-4-2-1-3-6(7)8;;;/h1-5H,(H,14,15)(H,16,17)(H,18,19);;;/q;3*+1/p-3. The summed E-state index contributed by atoms with van der Waals surface area (Å²) in [6.45, 7) is 0. The Morgan fingerprint density at radius 2 is 1.14 bits per heavy atom. The topological polar surface area (TPSA) is 120 Å². The summed E-state index contributed by atoms with van der Waals surface area (Å²) in [4.78, 5) is 33.0. The first kappa shape index (κ1) is 24.4. The number of hydrogen-bond acceptors (Lipinski definition) is 6. The van der Waals surface area contributed by atoms with Gasteiger partial charge in [-0.15, -0.1) is 0 Å². The van der Waals surface area contributed by atoms with Crippen LogP contribution in [0.5, 0.6) is 0 Å². The summed E-state index contributed by atoms with van der Waals surface area (Å²) >= 11 is 0. The van der Waals surface area contributed by atoms with Crippen LogP contribution in [0, 0.1) is 0 Å². The molecule has 9 heteroatoms. The normalized spacial score (nSPS) is 8.91. The molecule has 2 aromatic rings. The Kier molecular flexibility index (Phi) is 11.2. The van der Waals surface area contributed by atoms with Crippen molar-refractivity contribution < 1.29 is 118 Å². The molecular weight excluding hydrogens is 321 g/mol. The Hall–Kier alpha value is 0.110. The third-order valence-electron chi connectivity index (χ3n) is 2.69. The number of carbonyl (C=O) groups excluding carboxylic acids is 3. The maximum Gasteiger partial charge on any atom is 1.00 e. The predicted molar refractivity (Wildman–Crippen MR) is 56.9 cm³/mol. The molecule has 0 saturated carbocycles. The number of carboxylic acids is 3. The second-order valence-corrected chi connectivity index (χ2v) is 3.75. The van der Waals surface area contributed by atoms with E-state index in [9.17, 15) is 29.7 Å². The minimum atomic E-state index is -1.80. The Bertz CT molecular complexity index is 729. The number of benzene rings is 2. The number of fused-ring (bicyclic) bond motifs is 1. The molecule has 0 spiro atoms. The summed E-state index contributed by atoms with van der Waals surface area (Å²) in [7, 11) is 0. The minimum Gasteiger partial charge on any atom is -0.545 e. The predicted octanol–water partition coefficient (Wildman–Crippen LogP) is -11.1. The van der Waals surface area contributed by atoms with Gasteiger partial charge in [-0.05, 0) is 16.8 Å². The van der Waals surface area contributed by atoms with E-state index in [2.05, 4.69) is 0 Å². The molecule has 2 aromatic carbocycles. The quantitative estimate of drug-likeness (QED) is 0.517. The van der Waals surface area contributed by atoms with Gasteiger partial charge < -0.3 is 29.7 Å². The van der Waals surface area contributed by atoms with Gasteiger partial charge in [0.05, 0.1) is 17.9 Å². The van der Waals surface area contributed by atoms with Gasteiger partial charge in [0.2, 0.25) is 0 Å². The van der Waals surface area contributed by atoms with Crippen LogP contribution in [0.1, 0.15) is 31.1 Å². The number of hydrogen-bond donors (Lipinski definition) is 0.